The molecule has 84 valence electrons. The van der Waals surface area contributed by atoms with Crippen LogP contribution in [0.25, 0.3) is 0 Å². The molecule has 0 saturated carbocycles. The molecule has 1 aliphatic carbocycles. The summed E-state index contributed by atoms with van der Waals surface area (Å²) in [4.78, 5) is 0. The Morgan fingerprint density at radius 2 is 2.25 bits per heavy atom. The zero-order chi connectivity index (χ0) is 11.6. The van der Waals surface area contributed by atoms with Crippen LogP contribution in [0.4, 0.5) is 0 Å². The molecule has 1 aromatic carbocycles. The van der Waals surface area contributed by atoms with Crippen LogP contribution in [0.2, 0.25) is 0 Å². The second-order valence-corrected chi connectivity index (χ2v) is 4.65. The van der Waals surface area contributed by atoms with Gasteiger partial charge in [0.1, 0.15) is 0 Å². The van der Waals surface area contributed by atoms with Crippen molar-refractivity contribution in [1.82, 2.24) is 0 Å². The summed E-state index contributed by atoms with van der Waals surface area (Å²) in [7, 11) is 0. The Labute approximate surface area is 96.5 Å². The second kappa shape index (κ2) is 4.27. The van der Waals surface area contributed by atoms with E-state index in [1.54, 1.807) is 0 Å². The minimum atomic E-state index is -0.401. The number of benzene rings is 1. The first-order valence-electron chi connectivity index (χ1n) is 5.86. The molecule has 0 heterocycles. The van der Waals surface area contributed by atoms with Gasteiger partial charge in [-0.2, -0.15) is 5.26 Å². The molecule has 0 radical (unpaired) electrons. The smallest absolute Gasteiger partial charge is 0.0852 e. The van der Waals surface area contributed by atoms with Gasteiger partial charge in [-0.05, 0) is 30.4 Å². The highest BCUT2D eigenvalue weighted by atomic mass is 16.3. The number of nitriles is 1. The van der Waals surface area contributed by atoms with Crippen LogP contribution >= 0.6 is 0 Å². The average molecular weight is 215 g/mol. The van der Waals surface area contributed by atoms with Crippen LogP contribution in [0.5, 0.6) is 0 Å². The van der Waals surface area contributed by atoms with Gasteiger partial charge in [0.25, 0.3) is 0 Å². The van der Waals surface area contributed by atoms with Crippen LogP contribution in [0, 0.1) is 16.7 Å². The standard InChI is InChI=1S/C14H17NO/c1-2-14(8-5-9-15)10-11-6-3-4-7-12(11)13(14)16/h3-4,6-7,13,16H,2,5,8,10H2,1H3. The Kier molecular flexibility index (Phi) is 2.98. The lowest BCUT2D eigenvalue weighted by Crippen LogP contribution is -2.25. The van der Waals surface area contributed by atoms with E-state index in [1.807, 2.05) is 18.2 Å². The van der Waals surface area contributed by atoms with Gasteiger partial charge in [0.05, 0.1) is 12.2 Å². The molecule has 1 aromatic rings. The van der Waals surface area contributed by atoms with Crippen molar-refractivity contribution in [2.75, 3.05) is 0 Å². The van der Waals surface area contributed by atoms with Crippen molar-refractivity contribution in [2.45, 2.75) is 38.7 Å². The maximum Gasteiger partial charge on any atom is 0.0852 e. The fourth-order valence-electron chi connectivity index (χ4n) is 2.79. The molecule has 0 bridgehead atoms. The SMILES string of the molecule is CCC1(CCC#N)Cc2ccccc2C1O. The third kappa shape index (κ3) is 1.62. The number of hydrogen-bond donors (Lipinski definition) is 1. The number of nitrogens with zero attached hydrogens (tertiary/aromatic N) is 1. The van der Waals surface area contributed by atoms with E-state index in [1.165, 1.54) is 5.56 Å². The summed E-state index contributed by atoms with van der Waals surface area (Å²) in [6.45, 7) is 2.10. The lowest BCUT2D eigenvalue weighted by Gasteiger charge is -2.31. The van der Waals surface area contributed by atoms with Crippen LogP contribution in [0.1, 0.15) is 43.4 Å². The van der Waals surface area contributed by atoms with Gasteiger partial charge in [0, 0.05) is 11.8 Å². The monoisotopic (exact) mass is 215 g/mol. The quantitative estimate of drug-likeness (QED) is 0.842. The topological polar surface area (TPSA) is 44.0 Å². The summed E-state index contributed by atoms with van der Waals surface area (Å²) in [5, 5.41) is 19.1. The van der Waals surface area contributed by atoms with E-state index in [9.17, 15) is 5.11 Å². The number of hydrogen-bond acceptors (Lipinski definition) is 2. The number of fused-ring (bicyclic) bond motifs is 1. The molecule has 2 nitrogen and oxygen atoms in total. The molecule has 1 aliphatic rings. The van der Waals surface area contributed by atoms with Gasteiger partial charge in [0.15, 0.2) is 0 Å². The highest BCUT2D eigenvalue weighted by Gasteiger charge is 2.43. The molecule has 2 heteroatoms. The highest BCUT2D eigenvalue weighted by molar-refractivity contribution is 5.36. The predicted octanol–water partition coefficient (Wildman–Crippen LogP) is 2.98. The van der Waals surface area contributed by atoms with Crippen molar-refractivity contribution in [1.29, 1.82) is 5.26 Å². The summed E-state index contributed by atoms with van der Waals surface area (Å²) >= 11 is 0. The van der Waals surface area contributed by atoms with Gasteiger partial charge in [-0.1, -0.05) is 31.2 Å². The molecule has 0 fully saturated rings. The maximum atomic E-state index is 10.4. The normalized spacial score (nSPS) is 27.4. The number of aliphatic hydroxyl groups excluding tert-OH is 1. The first-order valence-corrected chi connectivity index (χ1v) is 5.86. The zero-order valence-corrected chi connectivity index (χ0v) is 9.61. The molecule has 16 heavy (non-hydrogen) atoms. The third-order valence-corrected chi connectivity index (χ3v) is 3.91. The molecule has 0 saturated heterocycles. The van der Waals surface area contributed by atoms with Crippen LogP contribution in [-0.2, 0) is 6.42 Å². The fraction of sp³-hybridized carbons (Fsp3) is 0.500. The zero-order valence-electron chi connectivity index (χ0n) is 9.61. The molecular weight excluding hydrogens is 198 g/mol. The predicted molar refractivity (Wildman–Crippen MR) is 62.7 cm³/mol. The molecule has 0 spiro atoms. The van der Waals surface area contributed by atoms with E-state index in [4.69, 9.17) is 5.26 Å². The van der Waals surface area contributed by atoms with Crippen molar-refractivity contribution < 1.29 is 5.11 Å². The summed E-state index contributed by atoms with van der Waals surface area (Å²) in [5.41, 5.74) is 2.19. The van der Waals surface area contributed by atoms with E-state index >= 15 is 0 Å². The van der Waals surface area contributed by atoms with Crippen molar-refractivity contribution in [2.24, 2.45) is 5.41 Å². The van der Waals surface area contributed by atoms with Crippen molar-refractivity contribution in [3.05, 3.63) is 35.4 Å². The fourth-order valence-corrected chi connectivity index (χ4v) is 2.79. The van der Waals surface area contributed by atoms with E-state index in [2.05, 4.69) is 19.1 Å². The summed E-state index contributed by atoms with van der Waals surface area (Å²) in [5.74, 6) is 0. The van der Waals surface area contributed by atoms with Crippen LogP contribution in [0.15, 0.2) is 24.3 Å². The Morgan fingerprint density at radius 3 is 2.88 bits per heavy atom. The molecule has 0 aromatic heterocycles. The first-order chi connectivity index (χ1) is 7.73. The molecule has 1 N–H and O–H groups in total. The van der Waals surface area contributed by atoms with Crippen molar-refractivity contribution in [3.63, 3.8) is 0 Å². The largest absolute Gasteiger partial charge is 0.388 e. The summed E-state index contributed by atoms with van der Waals surface area (Å²) < 4.78 is 0. The molecule has 2 atom stereocenters. The van der Waals surface area contributed by atoms with E-state index in [-0.39, 0.29) is 5.41 Å². The van der Waals surface area contributed by atoms with Crippen LogP contribution < -0.4 is 0 Å². The van der Waals surface area contributed by atoms with Gasteiger partial charge >= 0.3 is 0 Å². The molecular formula is C14H17NO. The van der Waals surface area contributed by atoms with Crippen molar-refractivity contribution >= 4 is 0 Å². The minimum Gasteiger partial charge on any atom is -0.388 e. The van der Waals surface area contributed by atoms with Crippen LogP contribution in [-0.4, -0.2) is 5.11 Å². The molecule has 0 amide bonds. The van der Waals surface area contributed by atoms with Gasteiger partial charge in [-0.3, -0.25) is 0 Å². The Morgan fingerprint density at radius 1 is 1.50 bits per heavy atom. The molecule has 0 aliphatic heterocycles. The molecule has 2 unspecified atom stereocenters. The van der Waals surface area contributed by atoms with E-state index in [0.717, 1.165) is 24.8 Å². The van der Waals surface area contributed by atoms with Crippen molar-refractivity contribution in [3.8, 4) is 6.07 Å². The average Bonchev–Trinajstić information content (AvgIpc) is 2.61. The molecule has 2 rings (SSSR count). The van der Waals surface area contributed by atoms with Gasteiger partial charge in [0.2, 0.25) is 0 Å². The number of rotatable bonds is 3. The Balaban J connectivity index is 2.30. The number of aliphatic hydroxyl groups is 1. The lowest BCUT2D eigenvalue weighted by atomic mass is 9.76. The van der Waals surface area contributed by atoms with Gasteiger partial charge < -0.3 is 5.11 Å². The first kappa shape index (κ1) is 11.2. The Bertz CT molecular complexity index is 421. The lowest BCUT2D eigenvalue weighted by molar-refractivity contribution is 0.0296. The summed E-state index contributed by atoms with van der Waals surface area (Å²) in [6, 6.07) is 10.3. The van der Waals surface area contributed by atoms with Gasteiger partial charge in [-0.25, -0.2) is 0 Å². The van der Waals surface area contributed by atoms with E-state index < -0.39 is 6.10 Å². The second-order valence-electron chi connectivity index (χ2n) is 4.65. The van der Waals surface area contributed by atoms with E-state index in [0.29, 0.717) is 6.42 Å². The maximum absolute atomic E-state index is 10.4. The Hall–Kier alpha value is -1.33. The minimum absolute atomic E-state index is 0.112. The third-order valence-electron chi connectivity index (χ3n) is 3.91. The highest BCUT2D eigenvalue weighted by Crippen LogP contribution is 2.50. The van der Waals surface area contributed by atoms with Gasteiger partial charge in [-0.15, -0.1) is 0 Å². The van der Waals surface area contributed by atoms with Crippen LogP contribution in [0.3, 0.4) is 0 Å². The summed E-state index contributed by atoms with van der Waals surface area (Å²) in [6.07, 6.45) is 2.74.